The summed E-state index contributed by atoms with van der Waals surface area (Å²) < 4.78 is 26.7. The summed E-state index contributed by atoms with van der Waals surface area (Å²) in [7, 11) is -3.84. The number of carbonyl (C=O) groups excluding carboxylic acids is 1. The van der Waals surface area contributed by atoms with Crippen molar-refractivity contribution in [3.63, 3.8) is 0 Å². The molecule has 3 rings (SSSR count). The molecule has 10 heteroatoms. The number of hydrogen-bond donors (Lipinski definition) is 0. The van der Waals surface area contributed by atoms with Crippen LogP contribution in [0.3, 0.4) is 0 Å². The maximum Gasteiger partial charge on any atom is 0.270 e. The van der Waals surface area contributed by atoms with E-state index in [-0.39, 0.29) is 42.7 Å². The van der Waals surface area contributed by atoms with Gasteiger partial charge in [-0.25, -0.2) is 8.42 Å². The molecule has 1 amide bonds. The highest BCUT2D eigenvalue weighted by atomic mass is 32.2. The highest BCUT2D eigenvalue weighted by Gasteiger charge is 2.30. The van der Waals surface area contributed by atoms with E-state index in [4.69, 9.17) is 0 Å². The van der Waals surface area contributed by atoms with Crippen LogP contribution in [-0.4, -0.2) is 54.6 Å². The predicted octanol–water partition coefficient (Wildman–Crippen LogP) is 2.20. The van der Waals surface area contributed by atoms with Crippen molar-refractivity contribution in [1.29, 1.82) is 0 Å². The van der Waals surface area contributed by atoms with Crippen LogP contribution in [0.25, 0.3) is 6.08 Å². The number of sulfonamides is 1. The van der Waals surface area contributed by atoms with Gasteiger partial charge in [0.15, 0.2) is 0 Å². The van der Waals surface area contributed by atoms with E-state index in [1.165, 1.54) is 39.9 Å². The maximum atomic E-state index is 12.7. The third-order valence-corrected chi connectivity index (χ3v) is 6.88. The van der Waals surface area contributed by atoms with Crippen molar-refractivity contribution in [1.82, 2.24) is 9.21 Å². The second-order valence-electron chi connectivity index (χ2n) is 5.83. The molecule has 0 N–H and O–H groups in total. The molecule has 1 aromatic carbocycles. The van der Waals surface area contributed by atoms with Crippen LogP contribution in [0.1, 0.15) is 4.88 Å². The minimum Gasteiger partial charge on any atom is -0.337 e. The Bertz CT molecular complexity index is 962. The molecule has 1 aromatic heterocycles. The number of carbonyl (C=O) groups is 1. The van der Waals surface area contributed by atoms with E-state index in [1.54, 1.807) is 11.0 Å². The third-order valence-electron chi connectivity index (χ3n) is 4.15. The molecule has 0 spiro atoms. The number of thiophene rings is 1. The number of hydrogen-bond acceptors (Lipinski definition) is 6. The summed E-state index contributed by atoms with van der Waals surface area (Å²) in [6.07, 6.45) is 3.22. The molecule has 0 radical (unpaired) electrons. The minimum atomic E-state index is -3.84. The number of benzene rings is 1. The molecule has 142 valence electrons. The lowest BCUT2D eigenvalue weighted by molar-refractivity contribution is -0.385. The number of nitrogens with zero attached hydrogens (tertiary/aromatic N) is 3. The smallest absolute Gasteiger partial charge is 0.270 e. The van der Waals surface area contributed by atoms with Crippen molar-refractivity contribution in [3.05, 3.63) is 62.8 Å². The van der Waals surface area contributed by atoms with Crippen LogP contribution in [0.15, 0.2) is 52.7 Å². The summed E-state index contributed by atoms with van der Waals surface area (Å²) in [5.41, 5.74) is -0.274. The van der Waals surface area contributed by atoms with Crippen molar-refractivity contribution >= 4 is 39.0 Å². The van der Waals surface area contributed by atoms with Crippen LogP contribution in [0.4, 0.5) is 5.69 Å². The molecule has 0 saturated carbocycles. The topological polar surface area (TPSA) is 101 Å². The van der Waals surface area contributed by atoms with Gasteiger partial charge in [-0.3, -0.25) is 14.9 Å². The van der Waals surface area contributed by atoms with Crippen molar-refractivity contribution in [2.45, 2.75) is 4.90 Å². The fourth-order valence-electron chi connectivity index (χ4n) is 2.70. The Morgan fingerprint density at radius 2 is 1.89 bits per heavy atom. The summed E-state index contributed by atoms with van der Waals surface area (Å²) in [6.45, 7) is 0.816. The first-order valence-corrected chi connectivity index (χ1v) is 10.4. The normalized spacial score (nSPS) is 15.9. The molecule has 0 atom stereocenters. The number of nitro groups is 1. The van der Waals surface area contributed by atoms with E-state index in [2.05, 4.69) is 0 Å². The van der Waals surface area contributed by atoms with E-state index >= 15 is 0 Å². The van der Waals surface area contributed by atoms with Crippen molar-refractivity contribution in [2.24, 2.45) is 0 Å². The number of non-ortho nitro benzene ring substituents is 1. The van der Waals surface area contributed by atoms with Gasteiger partial charge in [-0.1, -0.05) is 12.1 Å². The Morgan fingerprint density at radius 1 is 1.15 bits per heavy atom. The minimum absolute atomic E-state index is 0.117. The van der Waals surface area contributed by atoms with Gasteiger partial charge in [0.25, 0.3) is 5.69 Å². The molecule has 0 unspecified atom stereocenters. The predicted molar refractivity (Wildman–Crippen MR) is 102 cm³/mol. The SMILES string of the molecule is O=C(/C=C/c1cccs1)N1CCN(S(=O)(=O)c2cccc([N+](=O)[O-])c2)CC1. The van der Waals surface area contributed by atoms with Crippen molar-refractivity contribution < 1.29 is 18.1 Å². The summed E-state index contributed by atoms with van der Waals surface area (Å²) in [6, 6.07) is 8.78. The van der Waals surface area contributed by atoms with Gasteiger partial charge in [-0.05, 0) is 23.6 Å². The fourth-order valence-corrected chi connectivity index (χ4v) is 4.78. The molecule has 1 fully saturated rings. The van der Waals surface area contributed by atoms with Crippen LogP contribution in [0, 0.1) is 10.1 Å². The zero-order chi connectivity index (χ0) is 19.4. The summed E-state index contributed by atoms with van der Waals surface area (Å²) in [5.74, 6) is -0.171. The van der Waals surface area contributed by atoms with Gasteiger partial charge in [0.2, 0.25) is 15.9 Å². The number of amides is 1. The van der Waals surface area contributed by atoms with Crippen LogP contribution in [-0.2, 0) is 14.8 Å². The summed E-state index contributed by atoms with van der Waals surface area (Å²) >= 11 is 1.52. The summed E-state index contributed by atoms with van der Waals surface area (Å²) in [5, 5.41) is 12.8. The quantitative estimate of drug-likeness (QED) is 0.430. The summed E-state index contributed by atoms with van der Waals surface area (Å²) in [4.78, 5) is 24.9. The van der Waals surface area contributed by atoms with Gasteiger partial charge in [-0.2, -0.15) is 4.31 Å². The fraction of sp³-hybridized carbons (Fsp3) is 0.235. The van der Waals surface area contributed by atoms with Gasteiger partial charge >= 0.3 is 0 Å². The first-order chi connectivity index (χ1) is 12.9. The lowest BCUT2D eigenvalue weighted by atomic mass is 10.3. The molecule has 1 saturated heterocycles. The third kappa shape index (κ3) is 4.41. The molecule has 0 bridgehead atoms. The van der Waals surface area contributed by atoms with Crippen molar-refractivity contribution in [3.8, 4) is 0 Å². The number of rotatable bonds is 5. The standard InChI is InChI=1S/C17H17N3O5S2/c21-17(7-6-15-4-2-12-26-15)18-8-10-19(11-9-18)27(24,25)16-5-1-3-14(13-16)20(22)23/h1-7,12-13H,8-11H2/b7-6+. The van der Waals surface area contributed by atoms with Gasteiger partial charge in [-0.15, -0.1) is 11.3 Å². The number of piperazine rings is 1. The molecule has 2 heterocycles. The van der Waals surface area contributed by atoms with E-state index in [0.29, 0.717) is 0 Å². The lowest BCUT2D eigenvalue weighted by Gasteiger charge is -2.33. The van der Waals surface area contributed by atoms with Crippen LogP contribution >= 0.6 is 11.3 Å². The second kappa shape index (κ2) is 7.99. The van der Waals surface area contributed by atoms with Crippen LogP contribution in [0.5, 0.6) is 0 Å². The van der Waals surface area contributed by atoms with E-state index in [9.17, 15) is 23.3 Å². The Hall–Kier alpha value is -2.56. The molecule has 2 aromatic rings. The Kier molecular flexibility index (Phi) is 5.68. The Balaban J connectivity index is 1.65. The molecule has 1 aliphatic heterocycles. The van der Waals surface area contributed by atoms with E-state index in [0.717, 1.165) is 10.9 Å². The Labute approximate surface area is 160 Å². The monoisotopic (exact) mass is 407 g/mol. The van der Waals surface area contributed by atoms with Gasteiger partial charge in [0.1, 0.15) is 0 Å². The molecule has 27 heavy (non-hydrogen) atoms. The average Bonchev–Trinajstić information content (AvgIpc) is 3.20. The lowest BCUT2D eigenvalue weighted by Crippen LogP contribution is -2.50. The van der Waals surface area contributed by atoms with Gasteiger partial charge < -0.3 is 4.90 Å². The first kappa shape index (κ1) is 19.2. The molecular formula is C17H17N3O5S2. The largest absolute Gasteiger partial charge is 0.337 e. The van der Waals surface area contributed by atoms with E-state index < -0.39 is 14.9 Å². The van der Waals surface area contributed by atoms with E-state index in [1.807, 2.05) is 17.5 Å². The second-order valence-corrected chi connectivity index (χ2v) is 8.75. The maximum absolute atomic E-state index is 12.7. The average molecular weight is 407 g/mol. The highest BCUT2D eigenvalue weighted by molar-refractivity contribution is 7.89. The zero-order valence-corrected chi connectivity index (χ0v) is 15.9. The van der Waals surface area contributed by atoms with Crippen LogP contribution < -0.4 is 0 Å². The van der Waals surface area contributed by atoms with Gasteiger partial charge in [0, 0.05) is 49.3 Å². The molecule has 8 nitrogen and oxygen atoms in total. The van der Waals surface area contributed by atoms with Gasteiger partial charge in [0.05, 0.1) is 9.82 Å². The van der Waals surface area contributed by atoms with Crippen LogP contribution in [0.2, 0.25) is 0 Å². The molecule has 0 aliphatic carbocycles. The molecule has 1 aliphatic rings. The highest BCUT2D eigenvalue weighted by Crippen LogP contribution is 2.22. The Morgan fingerprint density at radius 3 is 2.52 bits per heavy atom. The molecular weight excluding hydrogens is 390 g/mol. The zero-order valence-electron chi connectivity index (χ0n) is 14.2. The first-order valence-electron chi connectivity index (χ1n) is 8.13. The number of nitro benzene ring substituents is 1. The van der Waals surface area contributed by atoms with Crippen molar-refractivity contribution in [2.75, 3.05) is 26.2 Å².